The Morgan fingerprint density at radius 1 is 1.00 bits per heavy atom. The zero-order chi connectivity index (χ0) is 17.3. The molecule has 0 amide bonds. The SMILES string of the molecule is Cc1cccc(S(=O)(=O)NS(=O)(=O)Cc2ccc(F)cc2F)c1. The van der Waals surface area contributed by atoms with Crippen molar-refractivity contribution < 1.29 is 25.6 Å². The highest BCUT2D eigenvalue weighted by Gasteiger charge is 2.24. The van der Waals surface area contributed by atoms with Gasteiger partial charge in [-0.1, -0.05) is 18.2 Å². The fourth-order valence-corrected chi connectivity index (χ4v) is 5.07. The van der Waals surface area contributed by atoms with Gasteiger partial charge in [0.05, 0.1) is 10.6 Å². The second-order valence-corrected chi connectivity index (χ2v) is 8.56. The van der Waals surface area contributed by atoms with Crippen molar-refractivity contribution in [3.05, 3.63) is 65.2 Å². The maximum atomic E-state index is 13.5. The first-order valence-electron chi connectivity index (χ1n) is 6.36. The third kappa shape index (κ3) is 4.57. The van der Waals surface area contributed by atoms with E-state index in [4.69, 9.17) is 0 Å². The second-order valence-electron chi connectivity index (χ2n) is 4.90. The van der Waals surface area contributed by atoms with Gasteiger partial charge in [0.2, 0.25) is 10.0 Å². The van der Waals surface area contributed by atoms with Crippen LogP contribution in [0.4, 0.5) is 8.78 Å². The zero-order valence-electron chi connectivity index (χ0n) is 12.0. The molecule has 2 aromatic carbocycles. The molecule has 0 heterocycles. The maximum absolute atomic E-state index is 13.5. The summed E-state index contributed by atoms with van der Waals surface area (Å²) in [6.07, 6.45) is 0. The minimum atomic E-state index is -4.39. The first-order chi connectivity index (χ1) is 10.6. The average molecular weight is 361 g/mol. The third-order valence-corrected chi connectivity index (χ3v) is 6.36. The Labute approximate surface area is 133 Å². The van der Waals surface area contributed by atoms with Crippen LogP contribution in [0, 0.1) is 18.6 Å². The van der Waals surface area contributed by atoms with E-state index in [1.54, 1.807) is 17.1 Å². The predicted molar refractivity (Wildman–Crippen MR) is 80.5 cm³/mol. The zero-order valence-corrected chi connectivity index (χ0v) is 13.6. The number of nitrogens with one attached hydrogen (secondary N) is 1. The molecule has 0 radical (unpaired) electrons. The molecule has 0 aliphatic carbocycles. The summed E-state index contributed by atoms with van der Waals surface area (Å²) in [5.74, 6) is -2.85. The molecular formula is C14H13F2NO4S2. The minimum absolute atomic E-state index is 0.222. The fourth-order valence-electron chi connectivity index (χ4n) is 1.87. The van der Waals surface area contributed by atoms with Crippen LogP contribution in [0.5, 0.6) is 0 Å². The number of rotatable bonds is 5. The lowest BCUT2D eigenvalue weighted by atomic mass is 10.2. The van der Waals surface area contributed by atoms with Gasteiger partial charge in [-0.15, -0.1) is 4.13 Å². The van der Waals surface area contributed by atoms with Crippen molar-refractivity contribution in [2.24, 2.45) is 0 Å². The lowest BCUT2D eigenvalue weighted by molar-refractivity contribution is 0.564. The van der Waals surface area contributed by atoms with Gasteiger partial charge in [0.25, 0.3) is 10.0 Å². The molecular weight excluding hydrogens is 348 g/mol. The molecule has 0 spiro atoms. The standard InChI is InChI=1S/C14H13F2NO4S2/c1-10-3-2-4-13(7-10)23(20,21)17-22(18,19)9-11-5-6-12(15)8-14(11)16/h2-8,17H,9H2,1H3. The Bertz CT molecular complexity index is 941. The average Bonchev–Trinajstić information content (AvgIpc) is 2.41. The van der Waals surface area contributed by atoms with Crippen LogP contribution in [0.2, 0.25) is 0 Å². The van der Waals surface area contributed by atoms with E-state index in [0.717, 1.165) is 12.1 Å². The van der Waals surface area contributed by atoms with Crippen LogP contribution < -0.4 is 4.13 Å². The molecule has 2 rings (SSSR count). The quantitative estimate of drug-likeness (QED) is 0.884. The largest absolute Gasteiger partial charge is 0.253 e. The highest BCUT2D eigenvalue weighted by Crippen LogP contribution is 2.15. The number of halogens is 2. The molecule has 0 aromatic heterocycles. The Kier molecular flexibility index (Phi) is 4.83. The van der Waals surface area contributed by atoms with E-state index < -0.39 is 37.4 Å². The van der Waals surface area contributed by atoms with Crippen LogP contribution >= 0.6 is 0 Å². The third-order valence-electron chi connectivity index (χ3n) is 2.90. The molecule has 0 unspecified atom stereocenters. The summed E-state index contributed by atoms with van der Waals surface area (Å²) < 4.78 is 76.0. The summed E-state index contributed by atoms with van der Waals surface area (Å²) in [7, 11) is -8.71. The van der Waals surface area contributed by atoms with Gasteiger partial charge in [-0.2, -0.15) is 0 Å². The summed E-state index contributed by atoms with van der Waals surface area (Å²) in [5.41, 5.74) is 0.299. The molecule has 0 saturated carbocycles. The number of aryl methyl sites for hydroxylation is 1. The number of benzene rings is 2. The smallest absolute Gasteiger partial charge is 0.211 e. The van der Waals surface area contributed by atoms with Gasteiger partial charge in [-0.25, -0.2) is 25.6 Å². The summed E-state index contributed by atoms with van der Waals surface area (Å²) in [4.78, 5) is -0.222. The Balaban J connectivity index is 2.27. The molecule has 0 atom stereocenters. The van der Waals surface area contributed by atoms with Crippen LogP contribution in [0.1, 0.15) is 11.1 Å². The Morgan fingerprint density at radius 3 is 2.30 bits per heavy atom. The van der Waals surface area contributed by atoms with Gasteiger partial charge in [0, 0.05) is 11.6 Å². The van der Waals surface area contributed by atoms with E-state index in [1.807, 2.05) is 0 Å². The molecule has 9 heteroatoms. The number of hydrogen-bond donors (Lipinski definition) is 1. The summed E-state index contributed by atoms with van der Waals surface area (Å²) in [6, 6.07) is 8.03. The van der Waals surface area contributed by atoms with Gasteiger partial charge in [0.1, 0.15) is 11.6 Å². The normalized spacial score (nSPS) is 12.3. The molecule has 124 valence electrons. The molecule has 2 aromatic rings. The van der Waals surface area contributed by atoms with Crippen molar-refractivity contribution in [3.8, 4) is 0 Å². The monoisotopic (exact) mass is 361 g/mol. The topological polar surface area (TPSA) is 80.3 Å². The molecule has 0 aliphatic rings. The summed E-state index contributed by atoms with van der Waals surface area (Å²) in [5, 5.41) is 0. The van der Waals surface area contributed by atoms with E-state index in [2.05, 4.69) is 0 Å². The van der Waals surface area contributed by atoms with Gasteiger partial charge in [0.15, 0.2) is 0 Å². The lowest BCUT2D eigenvalue weighted by Gasteiger charge is -2.09. The Hall–Kier alpha value is -1.84. The van der Waals surface area contributed by atoms with Crippen LogP contribution in [0.3, 0.4) is 0 Å². The summed E-state index contributed by atoms with van der Waals surface area (Å²) in [6.45, 7) is 1.65. The van der Waals surface area contributed by atoms with Crippen molar-refractivity contribution in [1.82, 2.24) is 4.13 Å². The van der Waals surface area contributed by atoms with Crippen molar-refractivity contribution in [2.45, 2.75) is 17.6 Å². The summed E-state index contributed by atoms with van der Waals surface area (Å²) >= 11 is 0. The Morgan fingerprint density at radius 2 is 1.70 bits per heavy atom. The predicted octanol–water partition coefficient (Wildman–Crippen LogP) is 2.08. The van der Waals surface area contributed by atoms with E-state index >= 15 is 0 Å². The molecule has 5 nitrogen and oxygen atoms in total. The molecule has 0 bridgehead atoms. The van der Waals surface area contributed by atoms with Crippen LogP contribution in [-0.2, 0) is 25.8 Å². The molecule has 23 heavy (non-hydrogen) atoms. The first kappa shape index (κ1) is 17.5. The minimum Gasteiger partial charge on any atom is -0.211 e. The van der Waals surface area contributed by atoms with Crippen molar-refractivity contribution in [3.63, 3.8) is 0 Å². The van der Waals surface area contributed by atoms with Crippen molar-refractivity contribution in [2.75, 3.05) is 0 Å². The fraction of sp³-hybridized carbons (Fsp3) is 0.143. The second kappa shape index (κ2) is 6.34. The highest BCUT2D eigenvalue weighted by atomic mass is 32.3. The van der Waals surface area contributed by atoms with Gasteiger partial charge >= 0.3 is 0 Å². The van der Waals surface area contributed by atoms with Crippen LogP contribution in [-0.4, -0.2) is 16.8 Å². The van der Waals surface area contributed by atoms with Crippen molar-refractivity contribution in [1.29, 1.82) is 0 Å². The molecule has 0 fully saturated rings. The molecule has 1 N–H and O–H groups in total. The number of hydrogen-bond acceptors (Lipinski definition) is 4. The van der Waals surface area contributed by atoms with E-state index in [9.17, 15) is 25.6 Å². The first-order valence-corrected chi connectivity index (χ1v) is 9.49. The van der Waals surface area contributed by atoms with Crippen LogP contribution in [0.15, 0.2) is 47.4 Å². The lowest BCUT2D eigenvalue weighted by Crippen LogP contribution is -2.32. The van der Waals surface area contributed by atoms with Gasteiger partial charge in [-0.3, -0.25) is 0 Å². The maximum Gasteiger partial charge on any atom is 0.253 e. The van der Waals surface area contributed by atoms with Crippen molar-refractivity contribution >= 4 is 20.0 Å². The highest BCUT2D eigenvalue weighted by molar-refractivity contribution is 8.04. The molecule has 0 aliphatic heterocycles. The van der Waals surface area contributed by atoms with Gasteiger partial charge in [-0.05, 0) is 30.7 Å². The van der Waals surface area contributed by atoms with E-state index in [0.29, 0.717) is 11.6 Å². The molecule has 0 saturated heterocycles. The van der Waals surface area contributed by atoms with E-state index in [1.165, 1.54) is 18.2 Å². The van der Waals surface area contributed by atoms with Gasteiger partial charge < -0.3 is 0 Å². The van der Waals surface area contributed by atoms with Crippen LogP contribution in [0.25, 0.3) is 0 Å². The number of sulfonamides is 2. The van der Waals surface area contributed by atoms with E-state index in [-0.39, 0.29) is 10.5 Å².